The first-order valence-corrected chi connectivity index (χ1v) is 21.7. The number of nitrogens with zero attached hydrogens (tertiary/aromatic N) is 13. The molecule has 0 radical (unpaired) electrons. The summed E-state index contributed by atoms with van der Waals surface area (Å²) in [7, 11) is 3.53. The molecule has 0 spiro atoms. The Morgan fingerprint density at radius 1 is 0.714 bits per heavy atom. The molecule has 6 aromatic heterocycles. The summed E-state index contributed by atoms with van der Waals surface area (Å²) in [5.41, 5.74) is 3.87. The van der Waals surface area contributed by atoms with Crippen molar-refractivity contribution in [3.8, 4) is 0 Å². The number of fused-ring (bicyclic) bond motifs is 4. The van der Waals surface area contributed by atoms with Gasteiger partial charge < -0.3 is 33.0 Å². The number of anilines is 2. The second kappa shape index (κ2) is 16.2. The van der Waals surface area contributed by atoms with E-state index < -0.39 is 0 Å². The fraction of sp³-hybridized carbons (Fsp3) is 0.381. The van der Waals surface area contributed by atoms with E-state index in [1.165, 1.54) is 22.9 Å². The van der Waals surface area contributed by atoms with Gasteiger partial charge in [0.15, 0.2) is 34.0 Å². The van der Waals surface area contributed by atoms with Crippen molar-refractivity contribution in [2.45, 2.75) is 50.2 Å². The third-order valence-corrected chi connectivity index (χ3v) is 13.5. The largest absolute Gasteiger partial charge is 0.368 e. The van der Waals surface area contributed by atoms with E-state index in [0.717, 1.165) is 40.5 Å². The van der Waals surface area contributed by atoms with Crippen molar-refractivity contribution in [2.24, 2.45) is 37.8 Å². The van der Waals surface area contributed by atoms with Crippen LogP contribution in [0, 0.1) is 23.7 Å². The van der Waals surface area contributed by atoms with Gasteiger partial charge in [-0.25, -0.2) is 19.9 Å². The Balaban J connectivity index is 0.000000126. The lowest BCUT2D eigenvalue weighted by Gasteiger charge is -2.28. The molecule has 2 unspecified atom stereocenters. The Bertz CT molecular complexity index is 3090. The number of aryl methyl sites for hydroxylation is 2. The molecular weight excluding hydrogens is 871 g/mol. The van der Waals surface area contributed by atoms with Crippen LogP contribution in [0.15, 0.2) is 92.5 Å². The summed E-state index contributed by atoms with van der Waals surface area (Å²) in [5.74, 6) is 5.61. The molecule has 0 amide bonds. The molecule has 8 atom stereocenters. The van der Waals surface area contributed by atoms with Crippen molar-refractivity contribution >= 4 is 68.5 Å². The fourth-order valence-electron chi connectivity index (χ4n) is 9.76. The highest BCUT2D eigenvalue weighted by Gasteiger charge is 2.63. The fourth-order valence-corrected chi connectivity index (χ4v) is 10.2. The summed E-state index contributed by atoms with van der Waals surface area (Å²) in [4.78, 5) is 56.2. The number of alkyl halides is 1. The van der Waals surface area contributed by atoms with Gasteiger partial charge in [-0.15, -0.1) is 11.6 Å². The molecule has 2 aliphatic carbocycles. The first kappa shape index (κ1) is 40.9. The standard InChI is InChI=1S/C21H20ClN7O2.C15H15Cl2N3O.C6H6N4O/c1-11-16-14(7-29(11)13-5-3-4-12(22)6-13)17(16)19-25-15(31-26-19)8-28-10-24-20-18(21(28)30)27(2)9-23-20;1-8-13-11(14(13)15-18-12(6-16)21-19-15)7-20(8)10-4-2-3-9(17)5-10;1-10-3-9-5-4(10)6(11)8-2-7-5/h3-6,9-11,14,16-17H,7-8H2,1-2H3;2-5,8,11,13-14H,6-7H2,1H3;2-3H,1H3,(H,7,8,11)/t11?,14-,16+,17+;8?,11-,13+,14+;/m00./s1. The zero-order valence-electron chi connectivity index (χ0n) is 34.5. The summed E-state index contributed by atoms with van der Waals surface area (Å²) in [6, 6.07) is 16.8. The van der Waals surface area contributed by atoms with E-state index in [4.69, 9.17) is 43.8 Å². The quantitative estimate of drug-likeness (QED) is 0.188. The van der Waals surface area contributed by atoms with Crippen molar-refractivity contribution in [1.29, 1.82) is 0 Å². The van der Waals surface area contributed by atoms with Gasteiger partial charge in [-0.3, -0.25) is 14.2 Å². The van der Waals surface area contributed by atoms with Gasteiger partial charge in [0, 0.05) is 72.5 Å². The molecule has 2 saturated carbocycles. The van der Waals surface area contributed by atoms with Crippen LogP contribution in [0.25, 0.3) is 22.3 Å². The molecule has 2 aromatic carbocycles. The normalized spacial score (nSPS) is 24.2. The maximum Gasteiger partial charge on any atom is 0.280 e. The maximum atomic E-state index is 12.7. The Morgan fingerprint density at radius 3 is 1.75 bits per heavy atom. The SMILES string of the molecule is CC1[C@@H]2[C@H](CN1c1cccc(Cl)c1)[C@H]2c1noc(CCl)n1.CC1[C@@H]2[C@H](CN1c1cccc(Cl)c1)[C@H]2c1noc(Cn2cnc3ncn(C)c3c2=O)n1.Cn1cnc2nc[nH]c(=O)c21. The lowest BCUT2D eigenvalue weighted by Crippen LogP contribution is -2.32. The van der Waals surface area contributed by atoms with Gasteiger partial charge in [0.05, 0.1) is 19.0 Å². The number of aromatic nitrogens is 12. The zero-order chi connectivity index (χ0) is 43.7. The monoisotopic (exact) mass is 910 g/mol. The molecule has 4 fully saturated rings. The number of halogens is 3. The molecule has 0 bridgehead atoms. The summed E-state index contributed by atoms with van der Waals surface area (Å²) < 4.78 is 15.4. The highest BCUT2D eigenvalue weighted by molar-refractivity contribution is 6.31. The number of nitrogens with one attached hydrogen (secondary N) is 1. The predicted molar refractivity (Wildman–Crippen MR) is 235 cm³/mol. The van der Waals surface area contributed by atoms with Crippen LogP contribution in [0.5, 0.6) is 0 Å². The molecule has 8 heterocycles. The van der Waals surface area contributed by atoms with Crippen LogP contribution >= 0.6 is 34.8 Å². The highest BCUT2D eigenvalue weighted by atomic mass is 35.5. The minimum Gasteiger partial charge on any atom is -0.368 e. The molecule has 8 aromatic rings. The lowest BCUT2D eigenvalue weighted by atomic mass is 10.1. The van der Waals surface area contributed by atoms with E-state index in [-0.39, 0.29) is 29.5 Å². The average molecular weight is 912 g/mol. The van der Waals surface area contributed by atoms with Crippen LogP contribution in [-0.4, -0.2) is 84.1 Å². The van der Waals surface area contributed by atoms with E-state index >= 15 is 0 Å². The van der Waals surface area contributed by atoms with Crippen molar-refractivity contribution in [2.75, 3.05) is 22.9 Å². The van der Waals surface area contributed by atoms with Gasteiger partial charge in [-0.05, 0) is 73.9 Å². The number of H-pyrrole nitrogens is 1. The number of rotatable bonds is 7. The van der Waals surface area contributed by atoms with E-state index in [2.05, 4.69) is 81.0 Å². The minimum absolute atomic E-state index is 0.157. The molecule has 2 aliphatic heterocycles. The topological polar surface area (TPSA) is 201 Å². The molecule has 1 N–H and O–H groups in total. The molecular formula is C42H41Cl3N14O4. The second-order valence-electron chi connectivity index (χ2n) is 16.5. The second-order valence-corrected chi connectivity index (χ2v) is 17.6. The number of aromatic amines is 1. The first-order valence-electron chi connectivity index (χ1n) is 20.5. The number of imidazole rings is 2. The van der Waals surface area contributed by atoms with Gasteiger partial charge >= 0.3 is 0 Å². The first-order chi connectivity index (χ1) is 30.5. The molecule has 18 nitrogen and oxygen atoms in total. The van der Waals surface area contributed by atoms with Crippen molar-refractivity contribution in [1.82, 2.24) is 58.9 Å². The molecule has 4 aliphatic rings. The van der Waals surface area contributed by atoms with Crippen LogP contribution in [0.4, 0.5) is 11.4 Å². The Kier molecular flexibility index (Phi) is 10.5. The molecule has 21 heteroatoms. The lowest BCUT2D eigenvalue weighted by molar-refractivity contribution is 0.363. The van der Waals surface area contributed by atoms with Crippen LogP contribution in [0.1, 0.15) is 49.1 Å². The third-order valence-electron chi connectivity index (χ3n) is 12.9. The predicted octanol–water partition coefficient (Wildman–Crippen LogP) is 5.81. The number of hydrogen-bond donors (Lipinski definition) is 1. The van der Waals surface area contributed by atoms with Gasteiger partial charge in [0.2, 0.25) is 11.8 Å². The van der Waals surface area contributed by atoms with Crippen LogP contribution in [-0.2, 0) is 26.5 Å². The van der Waals surface area contributed by atoms with E-state index in [0.29, 0.717) is 75.8 Å². The number of hydrogen-bond acceptors (Lipinski definition) is 14. The molecule has 12 rings (SSSR count). The molecule has 63 heavy (non-hydrogen) atoms. The molecule has 324 valence electrons. The van der Waals surface area contributed by atoms with Gasteiger partial charge in [0.25, 0.3) is 11.1 Å². The highest BCUT2D eigenvalue weighted by Crippen LogP contribution is 2.62. The van der Waals surface area contributed by atoms with Crippen molar-refractivity contribution < 1.29 is 9.05 Å². The minimum atomic E-state index is -0.182. The summed E-state index contributed by atoms with van der Waals surface area (Å²) in [6.45, 7) is 6.64. The number of benzene rings is 2. The van der Waals surface area contributed by atoms with Crippen LogP contribution in [0.2, 0.25) is 10.0 Å². The zero-order valence-corrected chi connectivity index (χ0v) is 36.7. The summed E-state index contributed by atoms with van der Waals surface area (Å²) >= 11 is 18.0. The van der Waals surface area contributed by atoms with Gasteiger partial charge in [0.1, 0.15) is 18.8 Å². The van der Waals surface area contributed by atoms with E-state index in [1.807, 2.05) is 36.4 Å². The van der Waals surface area contributed by atoms with E-state index in [9.17, 15) is 9.59 Å². The van der Waals surface area contributed by atoms with Crippen LogP contribution < -0.4 is 20.9 Å². The third kappa shape index (κ3) is 7.52. The summed E-state index contributed by atoms with van der Waals surface area (Å²) in [5, 5.41) is 9.82. The smallest absolute Gasteiger partial charge is 0.280 e. The summed E-state index contributed by atoms with van der Waals surface area (Å²) in [6.07, 6.45) is 5.96. The van der Waals surface area contributed by atoms with Crippen molar-refractivity contribution in [3.63, 3.8) is 0 Å². The molecule has 2 saturated heterocycles. The van der Waals surface area contributed by atoms with Gasteiger partial charge in [-0.2, -0.15) is 9.97 Å². The number of piperidine rings is 2. The Labute approximate surface area is 373 Å². The van der Waals surface area contributed by atoms with Crippen LogP contribution in [0.3, 0.4) is 0 Å². The van der Waals surface area contributed by atoms with E-state index in [1.54, 1.807) is 35.9 Å². The maximum absolute atomic E-state index is 12.7. The average Bonchev–Trinajstić information content (AvgIpc) is 3.66. The Hall–Kier alpha value is -6.11. The van der Waals surface area contributed by atoms with Crippen molar-refractivity contribution in [3.05, 3.63) is 128 Å². The Morgan fingerprint density at radius 2 is 1.24 bits per heavy atom. The van der Waals surface area contributed by atoms with Gasteiger partial charge in [-0.1, -0.05) is 45.6 Å².